The van der Waals surface area contributed by atoms with Gasteiger partial charge in [-0.2, -0.15) is 0 Å². The van der Waals surface area contributed by atoms with Gasteiger partial charge in [0.1, 0.15) is 0 Å². The van der Waals surface area contributed by atoms with Crippen LogP contribution in [0.25, 0.3) is 0 Å². The second kappa shape index (κ2) is 5.21. The molecule has 18 heavy (non-hydrogen) atoms. The van der Waals surface area contributed by atoms with Crippen LogP contribution in [0.2, 0.25) is 0 Å². The summed E-state index contributed by atoms with van der Waals surface area (Å²) < 4.78 is 0. The van der Waals surface area contributed by atoms with E-state index in [1.807, 2.05) is 11.9 Å². The smallest absolute Gasteiger partial charge is 0.335 e. The second-order valence-electron chi connectivity index (χ2n) is 4.77. The van der Waals surface area contributed by atoms with E-state index in [1.165, 1.54) is 18.6 Å². The molecule has 1 saturated carbocycles. The summed E-state index contributed by atoms with van der Waals surface area (Å²) >= 11 is 0. The maximum absolute atomic E-state index is 12.0. The van der Waals surface area contributed by atoms with Crippen molar-refractivity contribution in [3.05, 3.63) is 35.4 Å². The highest BCUT2D eigenvalue weighted by Gasteiger charge is 2.25. The van der Waals surface area contributed by atoms with Crippen LogP contribution >= 0.6 is 0 Å². The largest absolute Gasteiger partial charge is 0.478 e. The third-order valence-electron chi connectivity index (χ3n) is 3.57. The molecule has 0 aliphatic heterocycles. The van der Waals surface area contributed by atoms with Crippen LogP contribution in [0.1, 0.15) is 35.2 Å². The van der Waals surface area contributed by atoms with E-state index < -0.39 is 5.97 Å². The average Bonchev–Trinajstić information content (AvgIpc) is 2.27. The fraction of sp³-hybridized carbons (Fsp3) is 0.429. The van der Waals surface area contributed by atoms with Gasteiger partial charge in [0.25, 0.3) is 0 Å². The SMILES string of the molecule is CN(C(=O)Cc1ccc(C(=O)O)cc1)C1CCC1. The number of carbonyl (C=O) groups excluding carboxylic acids is 1. The van der Waals surface area contributed by atoms with Crippen LogP contribution in [0, 0.1) is 0 Å². The first kappa shape index (κ1) is 12.6. The maximum atomic E-state index is 12.0. The minimum absolute atomic E-state index is 0.0998. The van der Waals surface area contributed by atoms with E-state index in [2.05, 4.69) is 0 Å². The maximum Gasteiger partial charge on any atom is 0.335 e. The Balaban J connectivity index is 1.96. The summed E-state index contributed by atoms with van der Waals surface area (Å²) in [4.78, 5) is 24.5. The Bertz CT molecular complexity index is 449. The molecule has 4 heteroatoms. The molecular weight excluding hydrogens is 230 g/mol. The Morgan fingerprint density at radius 2 is 1.89 bits per heavy atom. The van der Waals surface area contributed by atoms with Crippen molar-refractivity contribution in [3.8, 4) is 0 Å². The van der Waals surface area contributed by atoms with E-state index in [9.17, 15) is 9.59 Å². The first-order chi connectivity index (χ1) is 8.58. The molecule has 1 aromatic rings. The number of nitrogens with zero attached hydrogens (tertiary/aromatic N) is 1. The van der Waals surface area contributed by atoms with Gasteiger partial charge in [0.2, 0.25) is 5.91 Å². The van der Waals surface area contributed by atoms with Gasteiger partial charge < -0.3 is 10.0 Å². The van der Waals surface area contributed by atoms with Gasteiger partial charge in [-0.3, -0.25) is 4.79 Å². The summed E-state index contributed by atoms with van der Waals surface area (Å²) in [6, 6.07) is 6.88. The zero-order valence-electron chi connectivity index (χ0n) is 10.4. The molecule has 0 bridgehead atoms. The highest BCUT2D eigenvalue weighted by Crippen LogP contribution is 2.24. The van der Waals surface area contributed by atoms with Gasteiger partial charge in [-0.1, -0.05) is 12.1 Å². The normalized spacial score (nSPS) is 14.9. The third-order valence-corrected chi connectivity index (χ3v) is 3.57. The number of carboxylic acid groups (broad SMARTS) is 1. The summed E-state index contributed by atoms with van der Waals surface area (Å²) in [5, 5.41) is 8.78. The van der Waals surface area contributed by atoms with E-state index in [1.54, 1.807) is 12.1 Å². The van der Waals surface area contributed by atoms with Crippen molar-refractivity contribution in [1.82, 2.24) is 4.90 Å². The Morgan fingerprint density at radius 1 is 1.28 bits per heavy atom. The highest BCUT2D eigenvalue weighted by atomic mass is 16.4. The number of amides is 1. The van der Waals surface area contributed by atoms with Crippen molar-refractivity contribution in [2.75, 3.05) is 7.05 Å². The molecule has 1 N–H and O–H groups in total. The molecule has 1 aliphatic carbocycles. The number of likely N-dealkylation sites (N-methyl/N-ethyl adjacent to an activating group) is 1. The monoisotopic (exact) mass is 247 g/mol. The molecule has 0 radical (unpaired) electrons. The van der Waals surface area contributed by atoms with E-state index in [0.29, 0.717) is 12.5 Å². The molecular formula is C14H17NO3. The van der Waals surface area contributed by atoms with E-state index in [-0.39, 0.29) is 11.5 Å². The topological polar surface area (TPSA) is 57.6 Å². The first-order valence-electron chi connectivity index (χ1n) is 6.16. The van der Waals surface area contributed by atoms with Crippen LogP contribution in [0.15, 0.2) is 24.3 Å². The molecule has 96 valence electrons. The molecule has 0 saturated heterocycles. The van der Waals surface area contributed by atoms with Gasteiger partial charge in [0.05, 0.1) is 12.0 Å². The number of carboxylic acids is 1. The van der Waals surface area contributed by atoms with Gasteiger partial charge in [-0.05, 0) is 37.0 Å². The fourth-order valence-corrected chi connectivity index (χ4v) is 2.04. The van der Waals surface area contributed by atoms with Gasteiger partial charge in [-0.15, -0.1) is 0 Å². The Labute approximate surface area is 106 Å². The lowest BCUT2D eigenvalue weighted by molar-refractivity contribution is -0.132. The lowest BCUT2D eigenvalue weighted by Crippen LogP contribution is -2.42. The first-order valence-corrected chi connectivity index (χ1v) is 6.16. The van der Waals surface area contributed by atoms with E-state index in [4.69, 9.17) is 5.11 Å². The number of aromatic carboxylic acids is 1. The number of rotatable bonds is 4. The minimum atomic E-state index is -0.945. The molecule has 0 atom stereocenters. The standard InChI is InChI=1S/C14H17NO3/c1-15(12-3-2-4-12)13(16)9-10-5-7-11(8-6-10)14(17)18/h5-8,12H,2-4,9H2,1H3,(H,17,18). The summed E-state index contributed by atoms with van der Waals surface area (Å²) in [5.74, 6) is -0.845. The quantitative estimate of drug-likeness (QED) is 0.884. The lowest BCUT2D eigenvalue weighted by Gasteiger charge is -2.34. The molecule has 2 rings (SSSR count). The molecule has 0 heterocycles. The van der Waals surface area contributed by atoms with Crippen LogP contribution in [0.4, 0.5) is 0 Å². The highest BCUT2D eigenvalue weighted by molar-refractivity contribution is 5.87. The minimum Gasteiger partial charge on any atom is -0.478 e. The fourth-order valence-electron chi connectivity index (χ4n) is 2.04. The summed E-state index contributed by atoms with van der Waals surface area (Å²) in [6.45, 7) is 0. The number of hydrogen-bond acceptors (Lipinski definition) is 2. The zero-order chi connectivity index (χ0) is 13.1. The lowest BCUT2D eigenvalue weighted by atomic mass is 9.91. The summed E-state index contributed by atoms with van der Waals surface area (Å²) in [5.41, 5.74) is 1.11. The van der Waals surface area contributed by atoms with Crippen LogP contribution in [0.5, 0.6) is 0 Å². The molecule has 1 aromatic carbocycles. The molecule has 0 aromatic heterocycles. The Hall–Kier alpha value is -1.84. The number of carbonyl (C=O) groups is 2. The van der Waals surface area contributed by atoms with Crippen molar-refractivity contribution < 1.29 is 14.7 Å². The van der Waals surface area contributed by atoms with Crippen LogP contribution in [-0.4, -0.2) is 35.0 Å². The van der Waals surface area contributed by atoms with Gasteiger partial charge in [0, 0.05) is 13.1 Å². The van der Waals surface area contributed by atoms with Crippen LogP contribution in [0.3, 0.4) is 0 Å². The Kier molecular flexibility index (Phi) is 3.65. The molecule has 1 amide bonds. The number of benzene rings is 1. The molecule has 4 nitrogen and oxygen atoms in total. The van der Waals surface area contributed by atoms with Gasteiger partial charge in [0.15, 0.2) is 0 Å². The van der Waals surface area contributed by atoms with Crippen molar-refractivity contribution in [2.24, 2.45) is 0 Å². The zero-order valence-corrected chi connectivity index (χ0v) is 10.4. The number of hydrogen-bond donors (Lipinski definition) is 1. The predicted molar refractivity (Wildman–Crippen MR) is 67.5 cm³/mol. The molecule has 1 aliphatic rings. The second-order valence-corrected chi connectivity index (χ2v) is 4.77. The van der Waals surface area contributed by atoms with Crippen molar-refractivity contribution >= 4 is 11.9 Å². The predicted octanol–water partition coefficient (Wildman–Crippen LogP) is 1.94. The molecule has 0 unspecified atom stereocenters. The summed E-state index contributed by atoms with van der Waals surface area (Å²) in [6.07, 6.45) is 3.74. The average molecular weight is 247 g/mol. The third kappa shape index (κ3) is 2.70. The summed E-state index contributed by atoms with van der Waals surface area (Å²) in [7, 11) is 1.85. The van der Waals surface area contributed by atoms with Crippen LogP contribution < -0.4 is 0 Å². The molecule has 1 fully saturated rings. The molecule has 0 spiro atoms. The van der Waals surface area contributed by atoms with Crippen LogP contribution in [-0.2, 0) is 11.2 Å². The van der Waals surface area contributed by atoms with Crippen molar-refractivity contribution in [2.45, 2.75) is 31.7 Å². The van der Waals surface area contributed by atoms with E-state index in [0.717, 1.165) is 18.4 Å². The van der Waals surface area contributed by atoms with E-state index >= 15 is 0 Å². The van der Waals surface area contributed by atoms with Gasteiger partial charge in [-0.25, -0.2) is 4.79 Å². The van der Waals surface area contributed by atoms with Crippen molar-refractivity contribution in [3.63, 3.8) is 0 Å². The van der Waals surface area contributed by atoms with Gasteiger partial charge >= 0.3 is 5.97 Å². The Morgan fingerprint density at radius 3 is 2.33 bits per heavy atom. The van der Waals surface area contributed by atoms with Crippen molar-refractivity contribution in [1.29, 1.82) is 0 Å².